The Balaban J connectivity index is 1.29. The van der Waals surface area contributed by atoms with E-state index in [4.69, 9.17) is 18.9 Å². The summed E-state index contributed by atoms with van der Waals surface area (Å²) < 4.78 is 23.1. The van der Waals surface area contributed by atoms with Gasteiger partial charge >= 0.3 is 0 Å². The van der Waals surface area contributed by atoms with Crippen LogP contribution in [0.15, 0.2) is 54.3 Å². The number of ketones is 1. The van der Waals surface area contributed by atoms with E-state index in [0.717, 1.165) is 39.5 Å². The van der Waals surface area contributed by atoms with Crippen molar-refractivity contribution in [2.24, 2.45) is 0 Å². The van der Waals surface area contributed by atoms with Gasteiger partial charge in [0.25, 0.3) is 0 Å². The van der Waals surface area contributed by atoms with Crippen molar-refractivity contribution in [3.05, 3.63) is 87.7 Å². The first-order valence-corrected chi connectivity index (χ1v) is 11.0. The van der Waals surface area contributed by atoms with Crippen LogP contribution < -0.4 is 18.9 Å². The first kappa shape index (κ1) is 19.9. The Morgan fingerprint density at radius 2 is 1.76 bits per heavy atom. The van der Waals surface area contributed by atoms with E-state index >= 15 is 0 Å². The lowest BCUT2D eigenvalue weighted by Gasteiger charge is -2.30. The van der Waals surface area contributed by atoms with Gasteiger partial charge in [-0.2, -0.15) is 0 Å². The Kier molecular flexibility index (Phi) is 4.62. The highest BCUT2D eigenvalue weighted by Gasteiger charge is 2.35. The number of benzene rings is 3. The highest BCUT2D eigenvalue weighted by molar-refractivity contribution is 6.15. The fourth-order valence-corrected chi connectivity index (χ4v) is 4.49. The fourth-order valence-electron chi connectivity index (χ4n) is 4.49. The Bertz CT molecular complexity index is 1310. The number of allylic oxidation sites excluding steroid dienone is 1. The Morgan fingerprint density at radius 1 is 0.939 bits per heavy atom. The predicted molar refractivity (Wildman–Crippen MR) is 123 cm³/mol. The molecule has 0 aliphatic carbocycles. The van der Waals surface area contributed by atoms with Gasteiger partial charge in [0, 0.05) is 13.1 Å². The highest BCUT2D eigenvalue weighted by Crippen LogP contribution is 2.44. The van der Waals surface area contributed by atoms with Crippen LogP contribution in [0.3, 0.4) is 0 Å². The van der Waals surface area contributed by atoms with E-state index < -0.39 is 0 Å². The number of carbonyl (C=O) groups excluding carboxylic acids is 1. The van der Waals surface area contributed by atoms with Gasteiger partial charge in [0.2, 0.25) is 12.6 Å². The summed E-state index contributed by atoms with van der Waals surface area (Å²) in [5.74, 6) is 3.19. The molecule has 33 heavy (non-hydrogen) atoms. The van der Waals surface area contributed by atoms with Crippen LogP contribution in [0.5, 0.6) is 23.0 Å². The molecule has 0 radical (unpaired) electrons. The molecule has 3 heterocycles. The summed E-state index contributed by atoms with van der Waals surface area (Å²) in [6, 6.07) is 15.9. The molecule has 0 spiro atoms. The minimum absolute atomic E-state index is 0.0845. The smallest absolute Gasteiger partial charge is 0.232 e. The maximum absolute atomic E-state index is 13.2. The fraction of sp³-hybridized carbons (Fsp3) is 0.222. The van der Waals surface area contributed by atoms with Crippen LogP contribution in [0.4, 0.5) is 0 Å². The number of Topliss-reactive ketones (excluding diaryl/α,β-unsaturated/α-hetero) is 1. The van der Waals surface area contributed by atoms with Crippen molar-refractivity contribution in [3.63, 3.8) is 0 Å². The average molecular weight is 441 g/mol. The van der Waals surface area contributed by atoms with Crippen LogP contribution in [0.1, 0.15) is 38.2 Å². The molecule has 3 aromatic rings. The van der Waals surface area contributed by atoms with Gasteiger partial charge in [0.05, 0.1) is 11.1 Å². The van der Waals surface area contributed by atoms with Gasteiger partial charge in [-0.15, -0.1) is 0 Å². The predicted octanol–water partition coefficient (Wildman–Crippen LogP) is 5.00. The molecule has 0 bridgehead atoms. The summed E-state index contributed by atoms with van der Waals surface area (Å²) >= 11 is 0. The molecule has 3 aliphatic heterocycles. The third-order valence-electron chi connectivity index (χ3n) is 6.21. The van der Waals surface area contributed by atoms with E-state index in [-0.39, 0.29) is 12.6 Å². The van der Waals surface area contributed by atoms with E-state index in [2.05, 4.69) is 4.90 Å². The molecule has 0 saturated heterocycles. The number of carbonyl (C=O) groups is 1. The van der Waals surface area contributed by atoms with Gasteiger partial charge in [-0.25, -0.2) is 0 Å². The lowest BCUT2D eigenvalue weighted by Crippen LogP contribution is -2.31. The number of rotatable bonds is 3. The number of ether oxygens (including phenoxy) is 4. The number of fused-ring (bicyclic) bond motifs is 4. The second kappa shape index (κ2) is 7.67. The molecule has 0 saturated carbocycles. The molecule has 166 valence electrons. The number of nitrogens with zero attached hydrogens (tertiary/aromatic N) is 1. The summed E-state index contributed by atoms with van der Waals surface area (Å²) in [5.41, 5.74) is 5.61. The minimum atomic E-state index is -0.0845. The normalized spacial score (nSPS) is 17.5. The summed E-state index contributed by atoms with van der Waals surface area (Å²) in [7, 11) is 0. The lowest BCUT2D eigenvalue weighted by molar-refractivity contribution is 0.0871. The molecule has 6 rings (SSSR count). The summed E-state index contributed by atoms with van der Waals surface area (Å²) in [6.07, 6.45) is 1.81. The molecule has 0 amide bonds. The molecule has 0 unspecified atom stereocenters. The van der Waals surface area contributed by atoms with Gasteiger partial charge in [-0.05, 0) is 54.8 Å². The zero-order valence-corrected chi connectivity index (χ0v) is 18.5. The maximum Gasteiger partial charge on any atom is 0.232 e. The summed E-state index contributed by atoms with van der Waals surface area (Å²) in [4.78, 5) is 15.4. The molecule has 6 heteroatoms. The Labute approximate surface area is 191 Å². The first-order valence-electron chi connectivity index (χ1n) is 11.0. The van der Waals surface area contributed by atoms with Crippen molar-refractivity contribution >= 4 is 11.9 Å². The Morgan fingerprint density at radius 3 is 2.61 bits per heavy atom. The molecule has 0 N–H and O–H groups in total. The van der Waals surface area contributed by atoms with E-state index in [9.17, 15) is 4.79 Å². The number of aryl methyl sites for hydroxylation is 2. The third kappa shape index (κ3) is 3.52. The summed E-state index contributed by atoms with van der Waals surface area (Å²) in [5, 5.41) is 0. The van der Waals surface area contributed by atoms with Gasteiger partial charge in [0.15, 0.2) is 17.3 Å². The largest absolute Gasteiger partial charge is 0.478 e. The molecule has 0 atom stereocenters. The van der Waals surface area contributed by atoms with Gasteiger partial charge in [-0.1, -0.05) is 35.9 Å². The maximum atomic E-state index is 13.2. The van der Waals surface area contributed by atoms with Crippen molar-refractivity contribution in [1.29, 1.82) is 0 Å². The zero-order chi connectivity index (χ0) is 22.5. The average Bonchev–Trinajstić information content (AvgIpc) is 3.40. The molecule has 3 aliphatic rings. The zero-order valence-electron chi connectivity index (χ0n) is 18.5. The van der Waals surface area contributed by atoms with Crippen LogP contribution in [0, 0.1) is 13.8 Å². The van der Waals surface area contributed by atoms with Crippen LogP contribution in [-0.4, -0.2) is 24.2 Å². The highest BCUT2D eigenvalue weighted by atomic mass is 16.7. The van der Waals surface area contributed by atoms with Crippen LogP contribution >= 0.6 is 0 Å². The van der Waals surface area contributed by atoms with Crippen LogP contribution in [-0.2, 0) is 13.1 Å². The van der Waals surface area contributed by atoms with Gasteiger partial charge in [-0.3, -0.25) is 9.69 Å². The molecule has 0 aromatic heterocycles. The molecule has 3 aromatic carbocycles. The van der Waals surface area contributed by atoms with Crippen molar-refractivity contribution in [1.82, 2.24) is 4.90 Å². The van der Waals surface area contributed by atoms with E-state index in [1.165, 1.54) is 5.56 Å². The number of hydrogen-bond acceptors (Lipinski definition) is 6. The summed E-state index contributed by atoms with van der Waals surface area (Å²) in [6.45, 7) is 5.98. The lowest BCUT2D eigenvalue weighted by atomic mass is 9.98. The second-order valence-corrected chi connectivity index (χ2v) is 8.67. The van der Waals surface area contributed by atoms with Gasteiger partial charge in [0.1, 0.15) is 18.2 Å². The third-order valence-corrected chi connectivity index (χ3v) is 6.21. The van der Waals surface area contributed by atoms with Crippen LogP contribution in [0.25, 0.3) is 6.08 Å². The van der Waals surface area contributed by atoms with E-state index in [1.54, 1.807) is 0 Å². The molecule has 6 nitrogen and oxygen atoms in total. The standard InChI is InChI=1S/C27H23NO5/c1-16-3-5-18(6-4-16)10-24-26(29)25-17(2)9-22-20(27(25)33-24)13-28(14-30-22)12-19-7-8-21-23(11-19)32-15-31-21/h3-11H,12-15H2,1-2H3/b24-10-. The van der Waals surface area contributed by atoms with Crippen molar-refractivity contribution in [2.45, 2.75) is 26.9 Å². The quantitative estimate of drug-likeness (QED) is 0.533. The van der Waals surface area contributed by atoms with Crippen LogP contribution in [0.2, 0.25) is 0 Å². The Hall–Kier alpha value is -3.77. The first-order chi connectivity index (χ1) is 16.0. The van der Waals surface area contributed by atoms with E-state index in [1.807, 2.05) is 68.5 Å². The van der Waals surface area contributed by atoms with Crippen molar-refractivity contribution < 1.29 is 23.7 Å². The minimum Gasteiger partial charge on any atom is -0.478 e. The van der Waals surface area contributed by atoms with Gasteiger partial charge < -0.3 is 18.9 Å². The molecular weight excluding hydrogens is 418 g/mol. The molecular formula is C27H23NO5. The monoisotopic (exact) mass is 441 g/mol. The topological polar surface area (TPSA) is 57.2 Å². The number of hydrogen-bond donors (Lipinski definition) is 0. The second-order valence-electron chi connectivity index (χ2n) is 8.67. The van der Waals surface area contributed by atoms with Crippen molar-refractivity contribution in [3.8, 4) is 23.0 Å². The molecule has 0 fully saturated rings. The SMILES string of the molecule is Cc1ccc(/C=C2\Oc3c4c(cc(C)c3C2=O)OCN(Cc2ccc3c(c2)OCO3)C4)cc1. The van der Waals surface area contributed by atoms with E-state index in [0.29, 0.717) is 36.9 Å². The van der Waals surface area contributed by atoms with Crippen molar-refractivity contribution in [2.75, 3.05) is 13.5 Å².